The molecule has 2 aromatic rings. The Labute approximate surface area is 104 Å². The van der Waals surface area contributed by atoms with Gasteiger partial charge < -0.3 is 10.6 Å². The van der Waals surface area contributed by atoms with Crippen LogP contribution in [0.25, 0.3) is 0 Å². The smallest absolute Gasteiger partial charge is 0.259 e. The van der Waals surface area contributed by atoms with E-state index in [-0.39, 0.29) is 11.6 Å². The molecular formula is C14H11FN2O. The number of nitrogens with two attached hydrogens (primary N) is 1. The highest BCUT2D eigenvalue weighted by Gasteiger charge is 2.30. The summed E-state index contributed by atoms with van der Waals surface area (Å²) in [4.78, 5) is 13.6. The van der Waals surface area contributed by atoms with Crippen molar-refractivity contribution in [2.24, 2.45) is 0 Å². The van der Waals surface area contributed by atoms with Gasteiger partial charge in [-0.2, -0.15) is 0 Å². The van der Waals surface area contributed by atoms with Crippen molar-refractivity contribution in [1.29, 1.82) is 0 Å². The Hall–Kier alpha value is -2.36. The van der Waals surface area contributed by atoms with E-state index in [0.717, 1.165) is 5.56 Å². The Morgan fingerprint density at radius 3 is 2.61 bits per heavy atom. The van der Waals surface area contributed by atoms with Crippen LogP contribution in [0.2, 0.25) is 0 Å². The van der Waals surface area contributed by atoms with E-state index in [9.17, 15) is 9.18 Å². The molecule has 0 unspecified atom stereocenters. The molecule has 0 saturated carbocycles. The molecule has 3 nitrogen and oxygen atoms in total. The first-order valence-corrected chi connectivity index (χ1v) is 5.62. The summed E-state index contributed by atoms with van der Waals surface area (Å²) in [5, 5.41) is 0. The average molecular weight is 242 g/mol. The lowest BCUT2D eigenvalue weighted by Crippen LogP contribution is -2.23. The molecule has 90 valence electrons. The van der Waals surface area contributed by atoms with Gasteiger partial charge in [-0.25, -0.2) is 4.39 Å². The summed E-state index contributed by atoms with van der Waals surface area (Å²) in [6, 6.07) is 11.4. The number of para-hydroxylation sites is 1. The number of benzene rings is 2. The molecule has 1 aliphatic rings. The summed E-state index contributed by atoms with van der Waals surface area (Å²) in [7, 11) is 0. The van der Waals surface area contributed by atoms with Crippen molar-refractivity contribution in [3.05, 3.63) is 59.4 Å². The third-order valence-electron chi connectivity index (χ3n) is 3.15. The van der Waals surface area contributed by atoms with Crippen LogP contribution in [0.3, 0.4) is 0 Å². The zero-order chi connectivity index (χ0) is 12.7. The lowest BCUT2D eigenvalue weighted by molar-refractivity contribution is 0.0996. The standard InChI is InChI=1S/C14H11FN2O/c15-11-5-1-2-7-13(11)17-8-10-9(14(17)18)4-3-6-12(10)16/h1-7H,8,16H2. The fourth-order valence-electron chi connectivity index (χ4n) is 2.22. The van der Waals surface area contributed by atoms with Gasteiger partial charge in [-0.05, 0) is 24.3 Å². The molecular weight excluding hydrogens is 231 g/mol. The number of carbonyl (C=O) groups excluding carboxylic acids is 1. The Morgan fingerprint density at radius 1 is 1.11 bits per heavy atom. The quantitative estimate of drug-likeness (QED) is 0.781. The van der Waals surface area contributed by atoms with E-state index in [2.05, 4.69) is 0 Å². The molecule has 1 aliphatic heterocycles. The van der Waals surface area contributed by atoms with Crippen molar-refractivity contribution in [1.82, 2.24) is 0 Å². The van der Waals surface area contributed by atoms with Gasteiger partial charge in [-0.3, -0.25) is 4.79 Å². The topological polar surface area (TPSA) is 46.3 Å². The third kappa shape index (κ3) is 1.46. The van der Waals surface area contributed by atoms with E-state index >= 15 is 0 Å². The highest BCUT2D eigenvalue weighted by molar-refractivity contribution is 6.11. The summed E-state index contributed by atoms with van der Waals surface area (Å²) in [5.74, 6) is -0.611. The molecule has 3 rings (SSSR count). The number of carbonyl (C=O) groups is 1. The summed E-state index contributed by atoms with van der Waals surface area (Å²) >= 11 is 0. The molecule has 0 aliphatic carbocycles. The number of hydrogen-bond acceptors (Lipinski definition) is 2. The third-order valence-corrected chi connectivity index (χ3v) is 3.15. The predicted octanol–water partition coefficient (Wildman–Crippen LogP) is 2.57. The second-order valence-corrected chi connectivity index (χ2v) is 4.22. The van der Waals surface area contributed by atoms with E-state index in [1.54, 1.807) is 36.4 Å². The summed E-state index contributed by atoms with van der Waals surface area (Å²) in [5.41, 5.74) is 8.02. The maximum absolute atomic E-state index is 13.7. The maximum atomic E-state index is 13.7. The minimum absolute atomic E-state index is 0.206. The predicted molar refractivity (Wildman–Crippen MR) is 67.8 cm³/mol. The molecule has 2 aromatic carbocycles. The van der Waals surface area contributed by atoms with Gasteiger partial charge in [0.15, 0.2) is 0 Å². The zero-order valence-electron chi connectivity index (χ0n) is 9.56. The molecule has 0 radical (unpaired) electrons. The van der Waals surface area contributed by atoms with Crippen LogP contribution in [0, 0.1) is 5.82 Å². The SMILES string of the molecule is Nc1cccc2c1CN(c1ccccc1F)C2=O. The van der Waals surface area contributed by atoms with Gasteiger partial charge in [0, 0.05) is 16.8 Å². The molecule has 0 spiro atoms. The summed E-state index contributed by atoms with van der Waals surface area (Å²) in [6.07, 6.45) is 0. The van der Waals surface area contributed by atoms with Crippen LogP contribution >= 0.6 is 0 Å². The van der Waals surface area contributed by atoms with E-state index in [1.807, 2.05) is 0 Å². The van der Waals surface area contributed by atoms with Crippen molar-refractivity contribution >= 4 is 17.3 Å². The van der Waals surface area contributed by atoms with Gasteiger partial charge in [0.2, 0.25) is 0 Å². The number of hydrogen-bond donors (Lipinski definition) is 1. The Balaban J connectivity index is 2.08. The first kappa shape index (κ1) is 10.8. The number of fused-ring (bicyclic) bond motifs is 1. The van der Waals surface area contributed by atoms with Crippen molar-refractivity contribution in [2.45, 2.75) is 6.54 Å². The normalized spacial score (nSPS) is 13.8. The molecule has 1 amide bonds. The molecule has 2 N–H and O–H groups in total. The molecule has 0 fully saturated rings. The first-order valence-electron chi connectivity index (χ1n) is 5.62. The summed E-state index contributed by atoms with van der Waals surface area (Å²) in [6.45, 7) is 0.321. The van der Waals surface area contributed by atoms with Crippen LogP contribution in [0.4, 0.5) is 15.8 Å². The highest BCUT2D eigenvalue weighted by atomic mass is 19.1. The van der Waals surface area contributed by atoms with Crippen LogP contribution in [0.5, 0.6) is 0 Å². The number of anilines is 2. The van der Waals surface area contributed by atoms with Crippen LogP contribution in [-0.4, -0.2) is 5.91 Å². The monoisotopic (exact) mass is 242 g/mol. The Morgan fingerprint density at radius 2 is 1.89 bits per heavy atom. The van der Waals surface area contributed by atoms with Gasteiger partial charge in [0.25, 0.3) is 5.91 Å². The van der Waals surface area contributed by atoms with Crippen LogP contribution in [0.15, 0.2) is 42.5 Å². The minimum Gasteiger partial charge on any atom is -0.398 e. The number of rotatable bonds is 1. The van der Waals surface area contributed by atoms with Crippen LogP contribution < -0.4 is 10.6 Å². The molecule has 18 heavy (non-hydrogen) atoms. The number of amides is 1. The summed E-state index contributed by atoms with van der Waals surface area (Å²) < 4.78 is 13.7. The average Bonchev–Trinajstić information content (AvgIpc) is 2.70. The highest BCUT2D eigenvalue weighted by Crippen LogP contribution is 2.32. The van der Waals surface area contributed by atoms with Crippen molar-refractivity contribution < 1.29 is 9.18 Å². The Bertz CT molecular complexity index is 639. The van der Waals surface area contributed by atoms with Gasteiger partial charge in [0.1, 0.15) is 5.82 Å². The number of halogens is 1. The largest absolute Gasteiger partial charge is 0.398 e. The molecule has 0 atom stereocenters. The fourth-order valence-corrected chi connectivity index (χ4v) is 2.22. The zero-order valence-corrected chi connectivity index (χ0v) is 9.56. The van der Waals surface area contributed by atoms with Gasteiger partial charge in [-0.15, -0.1) is 0 Å². The van der Waals surface area contributed by atoms with Crippen molar-refractivity contribution in [3.8, 4) is 0 Å². The second-order valence-electron chi connectivity index (χ2n) is 4.22. The molecule has 0 saturated heterocycles. The minimum atomic E-state index is -0.405. The first-order chi connectivity index (χ1) is 8.68. The number of nitrogens with zero attached hydrogens (tertiary/aromatic N) is 1. The molecule has 0 aromatic heterocycles. The number of nitrogen functional groups attached to an aromatic ring is 1. The van der Waals surface area contributed by atoms with E-state index in [4.69, 9.17) is 5.73 Å². The van der Waals surface area contributed by atoms with Crippen molar-refractivity contribution in [3.63, 3.8) is 0 Å². The van der Waals surface area contributed by atoms with Crippen molar-refractivity contribution in [2.75, 3.05) is 10.6 Å². The molecule has 1 heterocycles. The fraction of sp³-hybridized carbons (Fsp3) is 0.0714. The lowest BCUT2D eigenvalue weighted by atomic mass is 10.1. The van der Waals surface area contributed by atoms with Gasteiger partial charge in [0.05, 0.1) is 12.2 Å². The Kier molecular flexibility index (Phi) is 2.30. The molecule has 0 bridgehead atoms. The van der Waals surface area contributed by atoms with Crippen LogP contribution in [-0.2, 0) is 6.54 Å². The van der Waals surface area contributed by atoms with Crippen LogP contribution in [0.1, 0.15) is 15.9 Å². The van der Waals surface area contributed by atoms with E-state index < -0.39 is 5.82 Å². The van der Waals surface area contributed by atoms with Gasteiger partial charge in [-0.1, -0.05) is 18.2 Å². The van der Waals surface area contributed by atoms with E-state index in [1.165, 1.54) is 11.0 Å². The second kappa shape index (κ2) is 3.84. The molecule has 4 heteroatoms. The maximum Gasteiger partial charge on any atom is 0.259 e. The van der Waals surface area contributed by atoms with E-state index in [0.29, 0.717) is 17.8 Å². The lowest BCUT2D eigenvalue weighted by Gasteiger charge is -2.16. The van der Waals surface area contributed by atoms with Gasteiger partial charge >= 0.3 is 0 Å².